The first-order chi connectivity index (χ1) is 35.7. The quantitative estimate of drug-likeness (QED) is 0.0328. The lowest BCUT2D eigenvalue weighted by molar-refractivity contribution is -0.145. The van der Waals surface area contributed by atoms with E-state index in [1.54, 1.807) is 0 Å². The van der Waals surface area contributed by atoms with Crippen molar-refractivity contribution in [2.75, 3.05) is 106 Å². The molecule has 0 rings (SSSR count). The van der Waals surface area contributed by atoms with Crippen LogP contribution in [0.1, 0.15) is 265 Å². The first-order valence-corrected chi connectivity index (χ1v) is 31.1. The molecule has 0 aromatic heterocycles. The predicted octanol–water partition coefficient (Wildman–Crippen LogP) is 14.1. The summed E-state index contributed by atoms with van der Waals surface area (Å²) < 4.78 is 21.8. The van der Waals surface area contributed by atoms with Crippen LogP contribution in [0.3, 0.4) is 0 Å². The van der Waals surface area contributed by atoms with Crippen molar-refractivity contribution in [2.24, 2.45) is 0 Å². The van der Waals surface area contributed by atoms with E-state index in [1.807, 2.05) is 0 Å². The van der Waals surface area contributed by atoms with Crippen LogP contribution >= 0.6 is 0 Å². The molecule has 0 aliphatic rings. The topological polar surface area (TPSA) is 118 Å². The van der Waals surface area contributed by atoms with Crippen molar-refractivity contribution in [1.82, 2.24) is 19.6 Å². The summed E-state index contributed by atoms with van der Waals surface area (Å²) in [7, 11) is 3.53. The fourth-order valence-electron chi connectivity index (χ4n) is 9.29. The van der Waals surface area contributed by atoms with Gasteiger partial charge in [-0.15, -0.1) is 0 Å². The van der Waals surface area contributed by atoms with Crippen molar-refractivity contribution in [3.05, 3.63) is 0 Å². The maximum Gasteiger partial charge on any atom is 0.307 e. The molecular formula is C61H120N4O8. The Kier molecular flexibility index (Phi) is 54.2. The molecule has 73 heavy (non-hydrogen) atoms. The van der Waals surface area contributed by atoms with Crippen molar-refractivity contribution in [1.29, 1.82) is 0 Å². The lowest BCUT2D eigenvalue weighted by atomic mass is 10.1. The average molecular weight is 1040 g/mol. The van der Waals surface area contributed by atoms with Gasteiger partial charge in [0.2, 0.25) is 0 Å². The lowest BCUT2D eigenvalue weighted by Crippen LogP contribution is -2.42. The third kappa shape index (κ3) is 51.6. The summed E-state index contributed by atoms with van der Waals surface area (Å²) in [6.45, 7) is 18.3. The largest absolute Gasteiger partial charge is 0.469 e. The smallest absolute Gasteiger partial charge is 0.307 e. The second-order valence-electron chi connectivity index (χ2n) is 21.3. The van der Waals surface area contributed by atoms with Gasteiger partial charge in [0.05, 0.1) is 52.6 Å². The SMILES string of the molecule is CCCCCCCCCCCCCOC(=O)CCN(CCC(=O)OC)CCN(C)CCN(CC)CCN(CCC(=O)OCCCCCCCCCCCCC)CCC(=O)OCCCCCCCCCCCCC. The van der Waals surface area contributed by atoms with Crippen molar-refractivity contribution in [3.63, 3.8) is 0 Å². The Bertz CT molecular complexity index is 1180. The van der Waals surface area contributed by atoms with Gasteiger partial charge in [0, 0.05) is 65.4 Å². The van der Waals surface area contributed by atoms with E-state index >= 15 is 0 Å². The Labute approximate surface area is 451 Å². The number of hydrogen-bond acceptors (Lipinski definition) is 12. The second-order valence-corrected chi connectivity index (χ2v) is 21.3. The Balaban J connectivity index is 4.90. The zero-order chi connectivity index (χ0) is 53.5. The molecule has 0 atom stereocenters. The molecular weight excluding hydrogens is 917 g/mol. The number of ether oxygens (including phenoxy) is 4. The molecule has 0 bridgehead atoms. The van der Waals surface area contributed by atoms with Gasteiger partial charge in [-0.2, -0.15) is 0 Å². The van der Waals surface area contributed by atoms with Gasteiger partial charge in [-0.1, -0.05) is 220 Å². The van der Waals surface area contributed by atoms with E-state index in [-0.39, 0.29) is 30.3 Å². The monoisotopic (exact) mass is 1040 g/mol. The summed E-state index contributed by atoms with van der Waals surface area (Å²) in [4.78, 5) is 59.6. The van der Waals surface area contributed by atoms with E-state index in [2.05, 4.69) is 54.3 Å². The third-order valence-electron chi connectivity index (χ3n) is 14.6. The number of unbranched alkanes of at least 4 members (excludes halogenated alkanes) is 30. The van der Waals surface area contributed by atoms with Crippen LogP contribution in [0.5, 0.6) is 0 Å². The summed E-state index contributed by atoms with van der Waals surface area (Å²) in [5, 5.41) is 0. The number of carbonyl (C=O) groups is 4. The minimum atomic E-state index is -0.252. The summed E-state index contributed by atoms with van der Waals surface area (Å²) in [5.41, 5.74) is 0. The van der Waals surface area contributed by atoms with Gasteiger partial charge in [-0.3, -0.25) is 19.2 Å². The maximum atomic E-state index is 12.9. The molecule has 0 saturated carbocycles. The first-order valence-electron chi connectivity index (χ1n) is 31.1. The number of likely N-dealkylation sites (N-methyl/N-ethyl adjacent to an activating group) is 2. The van der Waals surface area contributed by atoms with Crippen LogP contribution in [0.15, 0.2) is 0 Å². The molecule has 0 aromatic carbocycles. The van der Waals surface area contributed by atoms with Crippen LogP contribution in [0.2, 0.25) is 0 Å². The minimum Gasteiger partial charge on any atom is -0.469 e. The van der Waals surface area contributed by atoms with Gasteiger partial charge in [-0.25, -0.2) is 0 Å². The van der Waals surface area contributed by atoms with Gasteiger partial charge in [0.25, 0.3) is 0 Å². The molecule has 0 amide bonds. The maximum absolute atomic E-state index is 12.9. The molecule has 12 heteroatoms. The Morgan fingerprint density at radius 1 is 0.288 bits per heavy atom. The van der Waals surface area contributed by atoms with Crippen LogP contribution < -0.4 is 0 Å². The van der Waals surface area contributed by atoms with Crippen molar-refractivity contribution < 1.29 is 38.1 Å². The highest BCUT2D eigenvalue weighted by Gasteiger charge is 2.16. The minimum absolute atomic E-state index is 0.165. The van der Waals surface area contributed by atoms with Crippen molar-refractivity contribution >= 4 is 23.9 Å². The Morgan fingerprint density at radius 3 is 0.795 bits per heavy atom. The van der Waals surface area contributed by atoms with Crippen molar-refractivity contribution in [2.45, 2.75) is 265 Å². The van der Waals surface area contributed by atoms with Crippen LogP contribution in [0, 0.1) is 0 Å². The fourth-order valence-corrected chi connectivity index (χ4v) is 9.29. The standard InChI is InChI=1S/C61H120N4O8/c1-7-11-14-17-20-23-26-29-32-35-38-55-71-59(67)42-46-64(45-41-58(66)70-6)52-50-62(5)49-51-63(10-4)53-54-65(47-43-60(68)72-56-39-36-33-30-27-24-21-18-15-12-8-2)48-44-61(69)73-57-40-37-34-31-28-25-22-19-16-13-9-3/h7-57H2,1-6H3. The van der Waals surface area contributed by atoms with Gasteiger partial charge >= 0.3 is 23.9 Å². The molecule has 0 unspecified atom stereocenters. The molecule has 12 nitrogen and oxygen atoms in total. The summed E-state index contributed by atoms with van der Waals surface area (Å²) in [6.07, 6.45) is 42.8. The van der Waals surface area contributed by atoms with Gasteiger partial charge < -0.3 is 38.5 Å². The van der Waals surface area contributed by atoms with Crippen LogP contribution in [-0.2, 0) is 38.1 Å². The first kappa shape index (κ1) is 70.7. The lowest BCUT2D eigenvalue weighted by Gasteiger charge is -2.29. The molecule has 0 saturated heterocycles. The fraction of sp³-hybridized carbons (Fsp3) is 0.934. The summed E-state index contributed by atoms with van der Waals surface area (Å²) in [5.74, 6) is -0.758. The van der Waals surface area contributed by atoms with Gasteiger partial charge in [0.1, 0.15) is 0 Å². The average Bonchev–Trinajstić information content (AvgIpc) is 3.39. The zero-order valence-electron chi connectivity index (χ0n) is 49.1. The second kappa shape index (κ2) is 55.9. The molecule has 0 fully saturated rings. The number of carbonyl (C=O) groups excluding carboxylic acids is 4. The molecule has 0 N–H and O–H groups in total. The zero-order valence-corrected chi connectivity index (χ0v) is 49.1. The summed E-state index contributed by atoms with van der Waals surface area (Å²) >= 11 is 0. The van der Waals surface area contributed by atoms with Gasteiger partial charge in [0.15, 0.2) is 0 Å². The molecule has 0 heterocycles. The normalized spacial score (nSPS) is 11.6. The molecule has 0 aliphatic heterocycles. The van der Waals surface area contributed by atoms with Crippen molar-refractivity contribution in [3.8, 4) is 0 Å². The molecule has 432 valence electrons. The third-order valence-corrected chi connectivity index (χ3v) is 14.6. The molecule has 0 aromatic rings. The summed E-state index contributed by atoms with van der Waals surface area (Å²) in [6, 6.07) is 0. The van der Waals surface area contributed by atoms with Crippen LogP contribution in [0.4, 0.5) is 0 Å². The number of rotatable bonds is 58. The highest BCUT2D eigenvalue weighted by atomic mass is 16.5. The Morgan fingerprint density at radius 2 is 0.521 bits per heavy atom. The highest BCUT2D eigenvalue weighted by Crippen LogP contribution is 2.14. The van der Waals surface area contributed by atoms with E-state index in [9.17, 15) is 19.2 Å². The number of methoxy groups -OCH3 is 1. The predicted molar refractivity (Wildman–Crippen MR) is 305 cm³/mol. The number of esters is 4. The van der Waals surface area contributed by atoms with Gasteiger partial charge in [-0.05, 0) is 32.9 Å². The highest BCUT2D eigenvalue weighted by molar-refractivity contribution is 5.70. The number of hydrogen-bond donors (Lipinski definition) is 0. The Hall–Kier alpha value is -2.28. The van der Waals surface area contributed by atoms with E-state index in [0.717, 1.165) is 84.3 Å². The molecule has 0 spiro atoms. The van der Waals surface area contributed by atoms with E-state index in [1.165, 1.54) is 180 Å². The molecule has 0 radical (unpaired) electrons. The van der Waals surface area contributed by atoms with Crippen LogP contribution in [-0.4, -0.2) is 149 Å². The van der Waals surface area contributed by atoms with E-state index in [0.29, 0.717) is 65.3 Å². The van der Waals surface area contributed by atoms with E-state index in [4.69, 9.17) is 18.9 Å². The van der Waals surface area contributed by atoms with Crippen LogP contribution in [0.25, 0.3) is 0 Å². The van der Waals surface area contributed by atoms with E-state index < -0.39 is 0 Å². The number of nitrogens with zero attached hydrogens (tertiary/aromatic N) is 4. The molecule has 0 aliphatic carbocycles.